The Kier molecular flexibility index (Phi) is 7.23. The van der Waals surface area contributed by atoms with E-state index in [0.29, 0.717) is 25.4 Å². The Balaban J connectivity index is 1.64. The summed E-state index contributed by atoms with van der Waals surface area (Å²) in [5.41, 5.74) is 2.77. The molecule has 1 aliphatic heterocycles. The van der Waals surface area contributed by atoms with Crippen molar-refractivity contribution in [2.45, 2.75) is 32.1 Å². The van der Waals surface area contributed by atoms with Crippen LogP contribution in [0.2, 0.25) is 0 Å². The van der Waals surface area contributed by atoms with Gasteiger partial charge in [0.15, 0.2) is 0 Å². The normalized spacial score (nSPS) is 15.0. The number of ether oxygens (including phenoxy) is 2. The monoisotopic (exact) mass is 446 g/mol. The standard InChI is InChI=1S/C23H30N2O5S/c1-5-30-20-8-6-19(7-9-20)16-23(26)24-10-12-25(13-11-24)31(27,28)22-15-18(3)17(2)14-21(22)29-4/h6-9,14-15H,5,10-13,16H2,1-4H3. The largest absolute Gasteiger partial charge is 0.495 e. The number of carbonyl (C=O) groups is 1. The highest BCUT2D eigenvalue weighted by atomic mass is 32.2. The molecule has 3 rings (SSSR count). The fourth-order valence-electron chi connectivity index (χ4n) is 3.60. The van der Waals surface area contributed by atoms with E-state index in [1.807, 2.05) is 45.0 Å². The van der Waals surface area contributed by atoms with Gasteiger partial charge in [-0.25, -0.2) is 8.42 Å². The van der Waals surface area contributed by atoms with E-state index in [1.54, 1.807) is 17.0 Å². The summed E-state index contributed by atoms with van der Waals surface area (Å²) in [6.45, 7) is 7.56. The fourth-order valence-corrected chi connectivity index (χ4v) is 5.24. The molecule has 168 valence electrons. The molecule has 1 saturated heterocycles. The van der Waals surface area contributed by atoms with Gasteiger partial charge in [-0.05, 0) is 61.7 Å². The van der Waals surface area contributed by atoms with Crippen LogP contribution >= 0.6 is 0 Å². The molecule has 7 nitrogen and oxygen atoms in total. The van der Waals surface area contributed by atoms with Crippen molar-refractivity contribution in [2.75, 3.05) is 39.9 Å². The summed E-state index contributed by atoms with van der Waals surface area (Å²) in [6.07, 6.45) is 0.282. The number of rotatable bonds is 7. The molecule has 0 radical (unpaired) electrons. The maximum atomic E-state index is 13.2. The molecule has 2 aromatic rings. The molecule has 0 saturated carbocycles. The van der Waals surface area contributed by atoms with Gasteiger partial charge >= 0.3 is 0 Å². The third kappa shape index (κ3) is 5.19. The van der Waals surface area contributed by atoms with Gasteiger partial charge in [0.2, 0.25) is 15.9 Å². The van der Waals surface area contributed by atoms with Gasteiger partial charge in [0.05, 0.1) is 20.1 Å². The van der Waals surface area contributed by atoms with Crippen LogP contribution in [0.4, 0.5) is 0 Å². The zero-order valence-electron chi connectivity index (χ0n) is 18.6. The number of aryl methyl sites for hydroxylation is 2. The van der Waals surface area contributed by atoms with Gasteiger partial charge in [-0.3, -0.25) is 4.79 Å². The van der Waals surface area contributed by atoms with Gasteiger partial charge in [0, 0.05) is 26.2 Å². The van der Waals surface area contributed by atoms with Crippen molar-refractivity contribution in [2.24, 2.45) is 0 Å². The van der Waals surface area contributed by atoms with Crippen LogP contribution < -0.4 is 9.47 Å². The molecule has 8 heteroatoms. The average molecular weight is 447 g/mol. The molecule has 1 aliphatic rings. The Morgan fingerprint density at radius 1 is 1.00 bits per heavy atom. The predicted octanol–water partition coefficient (Wildman–Crippen LogP) is 2.79. The molecule has 0 atom stereocenters. The van der Waals surface area contributed by atoms with E-state index in [9.17, 15) is 13.2 Å². The van der Waals surface area contributed by atoms with Crippen molar-refractivity contribution in [3.63, 3.8) is 0 Å². The highest BCUT2D eigenvalue weighted by molar-refractivity contribution is 7.89. The molecule has 0 aliphatic carbocycles. The number of hydrogen-bond acceptors (Lipinski definition) is 5. The van der Waals surface area contributed by atoms with E-state index in [-0.39, 0.29) is 30.3 Å². The number of nitrogens with zero attached hydrogens (tertiary/aromatic N) is 2. The summed E-state index contributed by atoms with van der Waals surface area (Å²) >= 11 is 0. The van der Waals surface area contributed by atoms with E-state index >= 15 is 0 Å². The first-order chi connectivity index (χ1) is 14.8. The number of carbonyl (C=O) groups excluding carboxylic acids is 1. The second kappa shape index (κ2) is 9.70. The summed E-state index contributed by atoms with van der Waals surface area (Å²) in [5.74, 6) is 1.11. The van der Waals surface area contributed by atoms with E-state index in [0.717, 1.165) is 22.4 Å². The van der Waals surface area contributed by atoms with Gasteiger partial charge in [0.25, 0.3) is 0 Å². The molecule has 31 heavy (non-hydrogen) atoms. The zero-order valence-corrected chi connectivity index (χ0v) is 19.4. The number of benzene rings is 2. The Morgan fingerprint density at radius 3 is 2.19 bits per heavy atom. The highest BCUT2D eigenvalue weighted by Gasteiger charge is 2.32. The lowest BCUT2D eigenvalue weighted by atomic mass is 10.1. The third-order valence-electron chi connectivity index (χ3n) is 5.58. The number of sulfonamides is 1. The Labute approximate surface area is 184 Å². The van der Waals surface area contributed by atoms with Crippen LogP contribution in [0.5, 0.6) is 11.5 Å². The SMILES string of the molecule is CCOc1ccc(CC(=O)N2CCN(S(=O)(=O)c3cc(C)c(C)cc3OC)CC2)cc1. The van der Waals surface area contributed by atoms with Crippen LogP contribution in [0.25, 0.3) is 0 Å². The molecule has 0 N–H and O–H groups in total. The van der Waals surface area contributed by atoms with E-state index in [2.05, 4.69) is 0 Å². The van der Waals surface area contributed by atoms with Gasteiger partial charge in [-0.1, -0.05) is 12.1 Å². The van der Waals surface area contributed by atoms with E-state index < -0.39 is 10.0 Å². The summed E-state index contributed by atoms with van der Waals surface area (Å²) < 4.78 is 38.6. The second-order valence-corrected chi connectivity index (χ2v) is 9.53. The summed E-state index contributed by atoms with van der Waals surface area (Å²) in [4.78, 5) is 14.6. The van der Waals surface area contributed by atoms with Gasteiger partial charge in [0.1, 0.15) is 16.4 Å². The minimum Gasteiger partial charge on any atom is -0.495 e. The van der Waals surface area contributed by atoms with Crippen molar-refractivity contribution in [1.82, 2.24) is 9.21 Å². The molecular weight excluding hydrogens is 416 g/mol. The highest BCUT2D eigenvalue weighted by Crippen LogP contribution is 2.30. The first-order valence-corrected chi connectivity index (χ1v) is 11.8. The minimum atomic E-state index is -3.71. The molecule has 2 aromatic carbocycles. The molecule has 0 aromatic heterocycles. The summed E-state index contributed by atoms with van der Waals surface area (Å²) in [7, 11) is -2.23. The lowest BCUT2D eigenvalue weighted by Gasteiger charge is -2.34. The summed E-state index contributed by atoms with van der Waals surface area (Å²) in [6, 6.07) is 10.9. The van der Waals surface area contributed by atoms with Crippen LogP contribution in [0.1, 0.15) is 23.6 Å². The van der Waals surface area contributed by atoms with Crippen molar-refractivity contribution in [3.8, 4) is 11.5 Å². The summed E-state index contributed by atoms with van der Waals surface area (Å²) in [5, 5.41) is 0. The minimum absolute atomic E-state index is 0.00929. The fraction of sp³-hybridized carbons (Fsp3) is 0.435. The van der Waals surface area contributed by atoms with Crippen LogP contribution in [0, 0.1) is 13.8 Å². The van der Waals surface area contributed by atoms with Crippen LogP contribution in [0.3, 0.4) is 0 Å². The number of amides is 1. The molecule has 0 bridgehead atoms. The Hall–Kier alpha value is -2.58. The molecule has 1 heterocycles. The number of methoxy groups -OCH3 is 1. The van der Waals surface area contributed by atoms with Crippen molar-refractivity contribution < 1.29 is 22.7 Å². The lowest BCUT2D eigenvalue weighted by molar-refractivity contribution is -0.131. The van der Waals surface area contributed by atoms with Gasteiger partial charge in [-0.2, -0.15) is 4.31 Å². The molecule has 1 fully saturated rings. The van der Waals surface area contributed by atoms with Crippen LogP contribution in [-0.2, 0) is 21.2 Å². The van der Waals surface area contributed by atoms with Crippen molar-refractivity contribution >= 4 is 15.9 Å². The van der Waals surface area contributed by atoms with Crippen molar-refractivity contribution in [1.29, 1.82) is 0 Å². The smallest absolute Gasteiger partial charge is 0.246 e. The van der Waals surface area contributed by atoms with Gasteiger partial charge < -0.3 is 14.4 Å². The maximum Gasteiger partial charge on any atom is 0.246 e. The first kappa shape index (κ1) is 23.1. The maximum absolute atomic E-state index is 13.2. The first-order valence-electron chi connectivity index (χ1n) is 10.4. The number of piperazine rings is 1. The Bertz CT molecular complexity index is 1030. The van der Waals surface area contributed by atoms with E-state index in [1.165, 1.54) is 11.4 Å². The van der Waals surface area contributed by atoms with Crippen LogP contribution in [-0.4, -0.2) is 63.4 Å². The van der Waals surface area contributed by atoms with Crippen molar-refractivity contribution in [3.05, 3.63) is 53.1 Å². The topological polar surface area (TPSA) is 76.2 Å². The molecule has 0 unspecified atom stereocenters. The van der Waals surface area contributed by atoms with E-state index in [4.69, 9.17) is 9.47 Å². The number of hydrogen-bond donors (Lipinski definition) is 0. The molecule has 0 spiro atoms. The predicted molar refractivity (Wildman–Crippen MR) is 119 cm³/mol. The zero-order chi connectivity index (χ0) is 22.6. The van der Waals surface area contributed by atoms with Gasteiger partial charge in [-0.15, -0.1) is 0 Å². The molecule has 1 amide bonds. The molecular formula is C23H30N2O5S. The average Bonchev–Trinajstić information content (AvgIpc) is 2.76. The Morgan fingerprint density at radius 2 is 1.61 bits per heavy atom. The van der Waals surface area contributed by atoms with Crippen LogP contribution in [0.15, 0.2) is 41.3 Å². The third-order valence-corrected chi connectivity index (χ3v) is 7.50. The lowest BCUT2D eigenvalue weighted by Crippen LogP contribution is -2.50. The quantitative estimate of drug-likeness (QED) is 0.654. The second-order valence-electron chi connectivity index (χ2n) is 7.63.